The van der Waals surface area contributed by atoms with Crippen molar-refractivity contribution in [1.29, 1.82) is 0 Å². The van der Waals surface area contributed by atoms with Crippen molar-refractivity contribution in [3.63, 3.8) is 0 Å². The van der Waals surface area contributed by atoms with E-state index in [4.69, 9.17) is 11.3 Å². The number of halogens is 1. The molecule has 8 heteroatoms. The second-order valence-corrected chi connectivity index (χ2v) is 7.57. The Morgan fingerprint density at radius 3 is 2.55 bits per heavy atom. The summed E-state index contributed by atoms with van der Waals surface area (Å²) in [7, 11) is 1.51. The first-order valence-corrected chi connectivity index (χ1v) is 10.5. The topological polar surface area (TPSA) is 76.3 Å². The molecule has 33 heavy (non-hydrogen) atoms. The smallest absolute Gasteiger partial charge is 0.224 e. The van der Waals surface area contributed by atoms with Gasteiger partial charge in [0.1, 0.15) is 11.3 Å². The molecule has 0 aliphatic rings. The monoisotopic (exact) mass is 442 g/mol. The molecule has 2 N–H and O–H groups in total. The summed E-state index contributed by atoms with van der Waals surface area (Å²) in [5.74, 6) is 0.964. The van der Waals surface area contributed by atoms with E-state index in [0.29, 0.717) is 46.4 Å². The summed E-state index contributed by atoms with van der Waals surface area (Å²) in [4.78, 5) is 16.7. The van der Waals surface area contributed by atoms with Crippen LogP contribution >= 0.6 is 0 Å². The number of nitrogens with zero attached hydrogens (tertiary/aromatic N) is 4. The number of hydrogen-bond acceptors (Lipinski definition) is 6. The third-order valence-electron chi connectivity index (χ3n) is 5.28. The van der Waals surface area contributed by atoms with Crippen LogP contribution in [0.25, 0.3) is 15.7 Å². The maximum Gasteiger partial charge on any atom is 0.224 e. The van der Waals surface area contributed by atoms with E-state index in [9.17, 15) is 0 Å². The Balaban J connectivity index is 1.74. The number of benzene rings is 2. The van der Waals surface area contributed by atoms with Crippen LogP contribution in [0, 0.1) is 26.2 Å². The van der Waals surface area contributed by atoms with Gasteiger partial charge in [-0.3, -0.25) is 0 Å². The maximum absolute atomic E-state index is 15.0. The number of hydrogen-bond donors (Lipinski definition) is 2. The normalized spacial score (nSPS) is 10.7. The van der Waals surface area contributed by atoms with Gasteiger partial charge in [-0.05, 0) is 55.3 Å². The minimum Gasteiger partial charge on any atom is -0.480 e. The molecule has 0 bridgehead atoms. The summed E-state index contributed by atoms with van der Waals surface area (Å²) in [6.07, 6.45) is 2.28. The number of pyridine rings is 1. The van der Waals surface area contributed by atoms with Crippen LogP contribution in [0.4, 0.5) is 33.0 Å². The van der Waals surface area contributed by atoms with Crippen LogP contribution in [0.3, 0.4) is 0 Å². The highest BCUT2D eigenvalue weighted by Gasteiger charge is 2.15. The molecule has 0 saturated carbocycles. The van der Waals surface area contributed by atoms with Gasteiger partial charge in [-0.15, -0.1) is 0 Å². The maximum atomic E-state index is 15.0. The van der Waals surface area contributed by atoms with Crippen LogP contribution in [0.15, 0.2) is 42.6 Å². The van der Waals surface area contributed by atoms with Crippen molar-refractivity contribution in [3.05, 3.63) is 76.8 Å². The zero-order valence-corrected chi connectivity index (χ0v) is 18.8. The van der Waals surface area contributed by atoms with Crippen molar-refractivity contribution >= 4 is 39.5 Å². The molecule has 2 heterocycles. The van der Waals surface area contributed by atoms with Crippen molar-refractivity contribution in [1.82, 2.24) is 15.0 Å². The number of ether oxygens (including phenoxy) is 1. The second-order valence-electron chi connectivity index (χ2n) is 7.57. The van der Waals surface area contributed by atoms with E-state index in [1.807, 2.05) is 39.0 Å². The van der Waals surface area contributed by atoms with Gasteiger partial charge in [-0.2, -0.15) is 4.98 Å². The van der Waals surface area contributed by atoms with E-state index in [1.54, 1.807) is 18.3 Å². The zero-order valence-electron chi connectivity index (χ0n) is 18.8. The molecule has 0 spiro atoms. The van der Waals surface area contributed by atoms with Gasteiger partial charge >= 0.3 is 0 Å². The molecule has 0 unspecified atom stereocenters. The lowest BCUT2D eigenvalue weighted by atomic mass is 10.1. The first-order chi connectivity index (χ1) is 15.9. The van der Waals surface area contributed by atoms with Crippen molar-refractivity contribution in [3.8, 4) is 5.88 Å². The molecule has 4 aromatic rings. The van der Waals surface area contributed by atoms with E-state index in [-0.39, 0.29) is 5.52 Å². The Morgan fingerprint density at radius 1 is 1.03 bits per heavy atom. The van der Waals surface area contributed by atoms with Gasteiger partial charge in [0.15, 0.2) is 17.3 Å². The average Bonchev–Trinajstić information content (AvgIpc) is 2.81. The first-order valence-electron chi connectivity index (χ1n) is 10.5. The molecule has 0 atom stereocenters. The van der Waals surface area contributed by atoms with Crippen molar-refractivity contribution < 1.29 is 9.13 Å². The van der Waals surface area contributed by atoms with Gasteiger partial charge in [0.05, 0.1) is 24.8 Å². The van der Waals surface area contributed by atoms with Crippen LogP contribution in [0.5, 0.6) is 5.88 Å². The fraction of sp³-hybridized carbons (Fsp3) is 0.200. The first kappa shape index (κ1) is 22.0. The molecule has 0 saturated heterocycles. The standard InChI is InChI=1S/C25H23FN6O/c1-6-21-31-23-18(25(32-21)33-5)12-17(13-19(23)26)29-22-14(2)9-10-28-24(22)30-16-7-8-20(27-4)15(3)11-16/h7-13,29H,6H2,1-3,5H3,(H,28,30). The largest absolute Gasteiger partial charge is 0.480 e. The van der Waals surface area contributed by atoms with Gasteiger partial charge in [0.25, 0.3) is 0 Å². The summed E-state index contributed by atoms with van der Waals surface area (Å²) in [5.41, 5.74) is 4.64. The second kappa shape index (κ2) is 9.09. The quantitative estimate of drug-likeness (QED) is 0.337. The molecular formula is C25H23FN6O. The van der Waals surface area contributed by atoms with E-state index in [0.717, 1.165) is 16.8 Å². The SMILES string of the molecule is [C-]#[N+]c1ccc(Nc2nccc(C)c2Nc2cc(F)c3nc(CC)nc(OC)c3c2)cc1C. The highest BCUT2D eigenvalue weighted by atomic mass is 19.1. The Labute approximate surface area is 191 Å². The number of aromatic nitrogens is 3. The van der Waals surface area contributed by atoms with Crippen LogP contribution < -0.4 is 15.4 Å². The van der Waals surface area contributed by atoms with Crippen LogP contribution in [-0.4, -0.2) is 22.1 Å². The lowest BCUT2D eigenvalue weighted by Crippen LogP contribution is -2.04. The predicted molar refractivity (Wildman–Crippen MR) is 128 cm³/mol. The molecule has 0 aliphatic heterocycles. The highest BCUT2D eigenvalue weighted by molar-refractivity contribution is 5.89. The van der Waals surface area contributed by atoms with Crippen LogP contribution in [-0.2, 0) is 6.42 Å². The Morgan fingerprint density at radius 2 is 1.85 bits per heavy atom. The van der Waals surface area contributed by atoms with Gasteiger partial charge < -0.3 is 15.4 Å². The molecule has 4 rings (SSSR count). The molecule has 2 aromatic carbocycles. The minimum absolute atomic E-state index is 0.223. The van der Waals surface area contributed by atoms with E-state index < -0.39 is 5.82 Å². The zero-order chi connectivity index (χ0) is 23.5. The summed E-state index contributed by atoms with van der Waals surface area (Å²) >= 11 is 0. The number of rotatable bonds is 6. The van der Waals surface area contributed by atoms with E-state index >= 15 is 4.39 Å². The number of fused-ring (bicyclic) bond motifs is 1. The average molecular weight is 442 g/mol. The van der Waals surface area contributed by atoms with Crippen molar-refractivity contribution in [2.45, 2.75) is 27.2 Å². The predicted octanol–water partition coefficient (Wildman–Crippen LogP) is 6.39. The summed E-state index contributed by atoms with van der Waals surface area (Å²) in [6, 6.07) is 10.5. The van der Waals surface area contributed by atoms with E-state index in [2.05, 4.69) is 30.4 Å². The molecule has 7 nitrogen and oxygen atoms in total. The Kier molecular flexibility index (Phi) is 6.05. The van der Waals surface area contributed by atoms with E-state index in [1.165, 1.54) is 13.2 Å². The molecule has 0 radical (unpaired) electrons. The van der Waals surface area contributed by atoms with Gasteiger partial charge in [0, 0.05) is 24.0 Å². The number of methoxy groups -OCH3 is 1. The van der Waals surface area contributed by atoms with Gasteiger partial charge in [-0.25, -0.2) is 19.2 Å². The summed E-state index contributed by atoms with van der Waals surface area (Å²) < 4.78 is 20.4. The Hall–Kier alpha value is -4.25. The third-order valence-corrected chi connectivity index (χ3v) is 5.28. The number of anilines is 4. The van der Waals surface area contributed by atoms with Crippen LogP contribution in [0.1, 0.15) is 23.9 Å². The van der Waals surface area contributed by atoms with Gasteiger partial charge in [0.2, 0.25) is 5.88 Å². The number of aryl methyl sites for hydroxylation is 3. The highest BCUT2D eigenvalue weighted by Crippen LogP contribution is 2.34. The fourth-order valence-corrected chi connectivity index (χ4v) is 3.54. The molecule has 2 aromatic heterocycles. The summed E-state index contributed by atoms with van der Waals surface area (Å²) in [5, 5.41) is 7.07. The molecule has 0 aliphatic carbocycles. The molecule has 0 amide bonds. The van der Waals surface area contributed by atoms with Crippen molar-refractivity contribution in [2.75, 3.05) is 17.7 Å². The molecule has 0 fully saturated rings. The lowest BCUT2D eigenvalue weighted by Gasteiger charge is -2.17. The van der Waals surface area contributed by atoms with Gasteiger partial charge in [-0.1, -0.05) is 13.0 Å². The van der Waals surface area contributed by atoms with Crippen molar-refractivity contribution in [2.24, 2.45) is 0 Å². The third kappa shape index (κ3) is 4.39. The Bertz CT molecular complexity index is 1400. The minimum atomic E-state index is -0.466. The lowest BCUT2D eigenvalue weighted by molar-refractivity contribution is 0.400. The molecule has 166 valence electrons. The summed E-state index contributed by atoms with van der Waals surface area (Å²) in [6.45, 7) is 13.0. The fourth-order valence-electron chi connectivity index (χ4n) is 3.54. The molecular weight excluding hydrogens is 419 g/mol. The number of nitrogens with one attached hydrogen (secondary N) is 2. The van der Waals surface area contributed by atoms with Crippen LogP contribution in [0.2, 0.25) is 0 Å².